The molecule has 17 heavy (non-hydrogen) atoms. The smallest absolute Gasteiger partial charge is 0.253 e. The summed E-state index contributed by atoms with van der Waals surface area (Å²) in [6.07, 6.45) is 2.24. The Morgan fingerprint density at radius 2 is 2.12 bits per heavy atom. The van der Waals surface area contributed by atoms with Gasteiger partial charge in [0.2, 0.25) is 0 Å². The lowest BCUT2D eigenvalue weighted by Gasteiger charge is -2.31. The average Bonchev–Trinajstić information content (AvgIpc) is 2.39. The van der Waals surface area contributed by atoms with Gasteiger partial charge in [0.05, 0.1) is 0 Å². The Hall–Kier alpha value is -0.620. The van der Waals surface area contributed by atoms with Crippen LogP contribution in [-0.4, -0.2) is 37.0 Å². The molecule has 0 radical (unpaired) electrons. The van der Waals surface area contributed by atoms with Crippen LogP contribution in [-0.2, 0) is 0 Å². The maximum atomic E-state index is 12.3. The summed E-state index contributed by atoms with van der Waals surface area (Å²) >= 11 is 2.25. The number of benzene rings is 1. The van der Waals surface area contributed by atoms with E-state index in [9.17, 15) is 4.79 Å². The van der Waals surface area contributed by atoms with Crippen molar-refractivity contribution in [3.63, 3.8) is 0 Å². The summed E-state index contributed by atoms with van der Waals surface area (Å²) in [6.45, 7) is 1.98. The molecule has 1 saturated heterocycles. The van der Waals surface area contributed by atoms with E-state index in [1.807, 2.05) is 36.2 Å². The average molecular weight is 344 g/mol. The summed E-state index contributed by atoms with van der Waals surface area (Å²) in [4.78, 5) is 14.1. The molecule has 1 atom stereocenters. The summed E-state index contributed by atoms with van der Waals surface area (Å²) in [7, 11) is 1.90. The fraction of sp³-hybridized carbons (Fsp3) is 0.462. The Bertz CT molecular complexity index is 385. The highest BCUT2D eigenvalue weighted by atomic mass is 127. The molecule has 1 fully saturated rings. The minimum atomic E-state index is 0.120. The molecule has 0 aromatic heterocycles. The molecule has 0 bridgehead atoms. The summed E-state index contributed by atoms with van der Waals surface area (Å²) in [5.74, 6) is 0.120. The number of likely N-dealkylation sites (N-methyl/N-ethyl adjacent to an activating group) is 1. The second-order valence-electron chi connectivity index (χ2n) is 4.42. The first-order valence-electron chi connectivity index (χ1n) is 5.92. The SMILES string of the molecule is CN(C(=O)c1ccc(I)cc1)C1CCCNC1. The Kier molecular flexibility index (Phi) is 4.39. The normalized spacial score (nSPS) is 20.0. The number of amides is 1. The number of carbonyl (C=O) groups is 1. The lowest BCUT2D eigenvalue weighted by atomic mass is 10.1. The van der Waals surface area contributed by atoms with Crippen LogP contribution < -0.4 is 5.32 Å². The second-order valence-corrected chi connectivity index (χ2v) is 5.67. The van der Waals surface area contributed by atoms with Crippen LogP contribution in [0.5, 0.6) is 0 Å². The van der Waals surface area contributed by atoms with Crippen LogP contribution in [0.1, 0.15) is 23.2 Å². The minimum absolute atomic E-state index is 0.120. The molecule has 1 aromatic rings. The van der Waals surface area contributed by atoms with Gasteiger partial charge in [-0.25, -0.2) is 0 Å². The van der Waals surface area contributed by atoms with Crippen LogP contribution >= 0.6 is 22.6 Å². The molecule has 3 nitrogen and oxygen atoms in total. The second kappa shape index (κ2) is 5.82. The van der Waals surface area contributed by atoms with Crippen molar-refractivity contribution in [2.24, 2.45) is 0 Å². The third kappa shape index (κ3) is 3.19. The Labute approximate surface area is 116 Å². The molecular formula is C13H17IN2O. The maximum Gasteiger partial charge on any atom is 0.253 e. The largest absolute Gasteiger partial charge is 0.337 e. The first kappa shape index (κ1) is 12.8. The fourth-order valence-electron chi connectivity index (χ4n) is 2.13. The Balaban J connectivity index is 2.05. The lowest BCUT2D eigenvalue weighted by Crippen LogP contribution is -2.46. The van der Waals surface area contributed by atoms with Crippen molar-refractivity contribution >= 4 is 28.5 Å². The third-order valence-electron chi connectivity index (χ3n) is 3.23. The quantitative estimate of drug-likeness (QED) is 0.834. The highest BCUT2D eigenvalue weighted by Crippen LogP contribution is 2.13. The number of nitrogens with one attached hydrogen (secondary N) is 1. The molecule has 1 aliphatic rings. The van der Waals surface area contributed by atoms with Crippen molar-refractivity contribution in [3.05, 3.63) is 33.4 Å². The number of piperidine rings is 1. The van der Waals surface area contributed by atoms with E-state index >= 15 is 0 Å². The fourth-order valence-corrected chi connectivity index (χ4v) is 2.49. The molecule has 1 unspecified atom stereocenters. The molecule has 1 N–H and O–H groups in total. The van der Waals surface area contributed by atoms with E-state index in [0.717, 1.165) is 35.1 Å². The zero-order valence-electron chi connectivity index (χ0n) is 9.95. The van der Waals surface area contributed by atoms with Crippen molar-refractivity contribution in [2.75, 3.05) is 20.1 Å². The van der Waals surface area contributed by atoms with Crippen LogP contribution in [0.4, 0.5) is 0 Å². The summed E-state index contributed by atoms with van der Waals surface area (Å²) in [6, 6.07) is 8.07. The van der Waals surface area contributed by atoms with Crippen molar-refractivity contribution in [1.82, 2.24) is 10.2 Å². The minimum Gasteiger partial charge on any atom is -0.337 e. The van der Waals surface area contributed by atoms with E-state index in [1.54, 1.807) is 0 Å². The summed E-state index contributed by atoms with van der Waals surface area (Å²) in [5.41, 5.74) is 0.776. The first-order chi connectivity index (χ1) is 8.18. The zero-order valence-corrected chi connectivity index (χ0v) is 12.1. The molecular weight excluding hydrogens is 327 g/mol. The van der Waals surface area contributed by atoms with Gasteiger partial charge in [0, 0.05) is 28.8 Å². The van der Waals surface area contributed by atoms with Gasteiger partial charge in [-0.15, -0.1) is 0 Å². The van der Waals surface area contributed by atoms with Crippen LogP contribution in [0.15, 0.2) is 24.3 Å². The Morgan fingerprint density at radius 1 is 1.41 bits per heavy atom. The number of rotatable bonds is 2. The van der Waals surface area contributed by atoms with E-state index in [-0.39, 0.29) is 5.91 Å². The van der Waals surface area contributed by atoms with Gasteiger partial charge < -0.3 is 10.2 Å². The standard InChI is InChI=1S/C13H17IN2O/c1-16(12-3-2-8-15-9-12)13(17)10-4-6-11(14)7-5-10/h4-7,12,15H,2-3,8-9H2,1H3. The maximum absolute atomic E-state index is 12.3. The lowest BCUT2D eigenvalue weighted by molar-refractivity contribution is 0.0708. The van der Waals surface area contributed by atoms with Gasteiger partial charge in [-0.3, -0.25) is 4.79 Å². The van der Waals surface area contributed by atoms with Gasteiger partial charge in [-0.2, -0.15) is 0 Å². The highest BCUT2D eigenvalue weighted by molar-refractivity contribution is 14.1. The number of hydrogen-bond donors (Lipinski definition) is 1. The third-order valence-corrected chi connectivity index (χ3v) is 3.95. The van der Waals surface area contributed by atoms with Gasteiger partial charge in [-0.05, 0) is 66.2 Å². The van der Waals surface area contributed by atoms with E-state index in [0.29, 0.717) is 6.04 Å². The monoisotopic (exact) mass is 344 g/mol. The molecule has 0 saturated carbocycles. The van der Waals surface area contributed by atoms with Crippen molar-refractivity contribution in [1.29, 1.82) is 0 Å². The molecule has 1 amide bonds. The molecule has 0 aliphatic carbocycles. The highest BCUT2D eigenvalue weighted by Gasteiger charge is 2.22. The van der Waals surface area contributed by atoms with E-state index < -0.39 is 0 Å². The van der Waals surface area contributed by atoms with Crippen LogP contribution in [0.2, 0.25) is 0 Å². The predicted molar refractivity (Wildman–Crippen MR) is 77.1 cm³/mol. The molecule has 1 heterocycles. The van der Waals surface area contributed by atoms with E-state index in [4.69, 9.17) is 0 Å². The zero-order chi connectivity index (χ0) is 12.3. The molecule has 0 spiro atoms. The van der Waals surface area contributed by atoms with Crippen LogP contribution in [0, 0.1) is 3.57 Å². The summed E-state index contributed by atoms with van der Waals surface area (Å²) < 4.78 is 1.15. The van der Waals surface area contributed by atoms with Gasteiger partial charge in [-0.1, -0.05) is 0 Å². The number of halogens is 1. The van der Waals surface area contributed by atoms with Crippen molar-refractivity contribution in [3.8, 4) is 0 Å². The van der Waals surface area contributed by atoms with Crippen LogP contribution in [0.25, 0.3) is 0 Å². The number of carbonyl (C=O) groups excluding carboxylic acids is 1. The Morgan fingerprint density at radius 3 is 2.71 bits per heavy atom. The molecule has 4 heteroatoms. The summed E-state index contributed by atoms with van der Waals surface area (Å²) in [5, 5.41) is 3.34. The topological polar surface area (TPSA) is 32.3 Å². The molecule has 1 aromatic carbocycles. The van der Waals surface area contributed by atoms with Gasteiger partial charge in [0.1, 0.15) is 0 Å². The van der Waals surface area contributed by atoms with Crippen molar-refractivity contribution in [2.45, 2.75) is 18.9 Å². The van der Waals surface area contributed by atoms with Crippen LogP contribution in [0.3, 0.4) is 0 Å². The van der Waals surface area contributed by atoms with Crippen molar-refractivity contribution < 1.29 is 4.79 Å². The first-order valence-corrected chi connectivity index (χ1v) is 7.00. The van der Waals surface area contributed by atoms with E-state index in [2.05, 4.69) is 27.9 Å². The predicted octanol–water partition coefficient (Wildman–Crippen LogP) is 2.12. The number of hydrogen-bond acceptors (Lipinski definition) is 2. The molecule has 1 aliphatic heterocycles. The van der Waals surface area contributed by atoms with Gasteiger partial charge in [0.15, 0.2) is 0 Å². The van der Waals surface area contributed by atoms with Gasteiger partial charge >= 0.3 is 0 Å². The molecule has 92 valence electrons. The molecule has 2 rings (SSSR count). The number of nitrogens with zero attached hydrogens (tertiary/aromatic N) is 1. The van der Waals surface area contributed by atoms with Gasteiger partial charge in [0.25, 0.3) is 5.91 Å². The van der Waals surface area contributed by atoms with E-state index in [1.165, 1.54) is 0 Å².